The number of nitrogens with one attached hydrogen (secondary N) is 1. The normalized spacial score (nSPS) is 10.3. The Labute approximate surface area is 110 Å². The van der Waals surface area contributed by atoms with Crippen molar-refractivity contribution >= 4 is 17.6 Å². The first kappa shape index (κ1) is 14.9. The van der Waals surface area contributed by atoms with Crippen LogP contribution in [0.4, 0.5) is 10.1 Å². The van der Waals surface area contributed by atoms with E-state index in [9.17, 15) is 14.0 Å². The van der Waals surface area contributed by atoms with Crippen LogP contribution in [0.15, 0.2) is 18.2 Å². The van der Waals surface area contributed by atoms with Crippen molar-refractivity contribution in [3.05, 3.63) is 29.6 Å². The number of carbonyl (C=O) groups excluding carboxylic acids is 2. The quantitative estimate of drug-likeness (QED) is 0.626. The van der Waals surface area contributed by atoms with Crippen LogP contribution in [-0.2, 0) is 9.53 Å². The van der Waals surface area contributed by atoms with Gasteiger partial charge >= 0.3 is 5.97 Å². The molecule has 0 saturated carbocycles. The summed E-state index contributed by atoms with van der Waals surface area (Å²) < 4.78 is 17.9. The van der Waals surface area contributed by atoms with Gasteiger partial charge in [0, 0.05) is 11.7 Å². The van der Waals surface area contributed by atoms with Crippen LogP contribution in [0.25, 0.3) is 0 Å². The van der Waals surface area contributed by atoms with Gasteiger partial charge in [0.1, 0.15) is 12.4 Å². The molecule has 0 fully saturated rings. The summed E-state index contributed by atoms with van der Waals surface area (Å²) in [6.07, 6.45) is 0.0642. The van der Waals surface area contributed by atoms with E-state index in [1.165, 1.54) is 6.07 Å². The molecule has 0 atom stereocenters. The van der Waals surface area contributed by atoms with Gasteiger partial charge in [0.15, 0.2) is 0 Å². The molecule has 1 aromatic rings. The maximum atomic E-state index is 13.0. The number of esters is 1. The van der Waals surface area contributed by atoms with Gasteiger partial charge in [-0.25, -0.2) is 9.18 Å². The average molecular weight is 268 g/mol. The van der Waals surface area contributed by atoms with Crippen LogP contribution in [-0.4, -0.2) is 24.5 Å². The highest BCUT2D eigenvalue weighted by Gasteiger charge is 2.11. The fourth-order valence-electron chi connectivity index (χ4n) is 1.44. The Balaban J connectivity index is 2.45. The predicted molar refractivity (Wildman–Crippen MR) is 69.0 cm³/mol. The number of nitrogens with two attached hydrogens (primary N) is 1. The first-order valence-corrected chi connectivity index (χ1v) is 5.91. The minimum atomic E-state index is -0.705. The Morgan fingerprint density at radius 3 is 2.63 bits per heavy atom. The molecule has 0 aliphatic rings. The molecule has 104 valence electrons. The SMILES string of the molecule is CC(C)NC(=O)CCOC(=O)c1cc(N)cc(F)c1. The highest BCUT2D eigenvalue weighted by atomic mass is 19.1. The summed E-state index contributed by atoms with van der Waals surface area (Å²) in [5.41, 5.74) is 5.59. The molecule has 3 N–H and O–H groups in total. The molecule has 1 amide bonds. The van der Waals surface area contributed by atoms with Gasteiger partial charge in [-0.05, 0) is 32.0 Å². The van der Waals surface area contributed by atoms with E-state index in [1.54, 1.807) is 0 Å². The first-order valence-electron chi connectivity index (χ1n) is 5.91. The van der Waals surface area contributed by atoms with Crippen LogP contribution < -0.4 is 11.1 Å². The van der Waals surface area contributed by atoms with Crippen molar-refractivity contribution in [2.45, 2.75) is 26.3 Å². The highest BCUT2D eigenvalue weighted by Crippen LogP contribution is 2.11. The summed E-state index contributed by atoms with van der Waals surface area (Å²) in [5.74, 6) is -1.52. The minimum Gasteiger partial charge on any atom is -0.462 e. The fraction of sp³-hybridized carbons (Fsp3) is 0.385. The number of anilines is 1. The largest absolute Gasteiger partial charge is 0.462 e. The summed E-state index contributed by atoms with van der Waals surface area (Å²) in [6, 6.07) is 3.49. The standard InChI is InChI=1S/C13H17FN2O3/c1-8(2)16-12(17)3-4-19-13(18)9-5-10(14)7-11(15)6-9/h5-8H,3-4,15H2,1-2H3,(H,16,17). The maximum absolute atomic E-state index is 13.0. The van der Waals surface area contributed by atoms with Crippen LogP contribution >= 0.6 is 0 Å². The van der Waals surface area contributed by atoms with Crippen molar-refractivity contribution in [3.8, 4) is 0 Å². The van der Waals surface area contributed by atoms with Gasteiger partial charge in [-0.2, -0.15) is 0 Å². The summed E-state index contributed by atoms with van der Waals surface area (Å²) in [5, 5.41) is 2.66. The zero-order valence-corrected chi connectivity index (χ0v) is 10.9. The highest BCUT2D eigenvalue weighted by molar-refractivity contribution is 5.90. The third-order valence-electron chi connectivity index (χ3n) is 2.17. The summed E-state index contributed by atoms with van der Waals surface area (Å²) >= 11 is 0. The zero-order valence-electron chi connectivity index (χ0n) is 10.9. The second-order valence-electron chi connectivity index (χ2n) is 4.38. The van der Waals surface area contributed by atoms with E-state index in [0.717, 1.165) is 12.1 Å². The molecule has 0 heterocycles. The van der Waals surface area contributed by atoms with E-state index in [0.29, 0.717) is 0 Å². The number of hydrogen-bond acceptors (Lipinski definition) is 4. The molecule has 6 heteroatoms. The monoisotopic (exact) mass is 268 g/mol. The number of ether oxygens (including phenoxy) is 1. The predicted octanol–water partition coefficient (Wildman–Crippen LogP) is 1.48. The Bertz CT molecular complexity index is 455. The molecule has 1 rings (SSSR count). The molecule has 0 unspecified atom stereocenters. The third-order valence-corrected chi connectivity index (χ3v) is 2.17. The van der Waals surface area contributed by atoms with Gasteiger partial charge in [0.2, 0.25) is 5.91 Å². The minimum absolute atomic E-state index is 0.0294. The number of halogens is 1. The van der Waals surface area contributed by atoms with E-state index >= 15 is 0 Å². The van der Waals surface area contributed by atoms with Crippen molar-refractivity contribution in [2.24, 2.45) is 0 Å². The number of amides is 1. The lowest BCUT2D eigenvalue weighted by molar-refractivity contribution is -0.122. The van der Waals surface area contributed by atoms with Crippen LogP contribution in [0.2, 0.25) is 0 Å². The van der Waals surface area contributed by atoms with Crippen molar-refractivity contribution in [1.82, 2.24) is 5.32 Å². The van der Waals surface area contributed by atoms with Crippen LogP contribution in [0, 0.1) is 5.82 Å². The first-order chi connectivity index (χ1) is 8.88. The average Bonchev–Trinajstić information content (AvgIpc) is 2.26. The molecule has 0 aliphatic heterocycles. The van der Waals surface area contributed by atoms with Crippen molar-refractivity contribution in [2.75, 3.05) is 12.3 Å². The number of benzene rings is 1. The van der Waals surface area contributed by atoms with E-state index in [1.807, 2.05) is 13.8 Å². The van der Waals surface area contributed by atoms with Gasteiger partial charge < -0.3 is 15.8 Å². The molecular weight excluding hydrogens is 251 g/mol. The van der Waals surface area contributed by atoms with Gasteiger partial charge in [0.25, 0.3) is 0 Å². The lowest BCUT2D eigenvalue weighted by atomic mass is 10.2. The van der Waals surface area contributed by atoms with Crippen LogP contribution in [0.1, 0.15) is 30.6 Å². The zero-order chi connectivity index (χ0) is 14.4. The molecule has 19 heavy (non-hydrogen) atoms. The topological polar surface area (TPSA) is 81.4 Å². The van der Waals surface area contributed by atoms with Crippen molar-refractivity contribution < 1.29 is 18.7 Å². The maximum Gasteiger partial charge on any atom is 0.338 e. The Morgan fingerprint density at radius 1 is 1.37 bits per heavy atom. The number of carbonyl (C=O) groups is 2. The smallest absolute Gasteiger partial charge is 0.338 e. The second kappa shape index (κ2) is 6.72. The lowest BCUT2D eigenvalue weighted by Crippen LogP contribution is -2.31. The van der Waals surface area contributed by atoms with Gasteiger partial charge in [0.05, 0.1) is 12.0 Å². The Kier molecular flexibility index (Phi) is 5.29. The van der Waals surface area contributed by atoms with E-state index in [-0.39, 0.29) is 36.2 Å². The molecule has 0 radical (unpaired) electrons. The molecular formula is C13H17FN2O3. The second-order valence-corrected chi connectivity index (χ2v) is 4.38. The summed E-state index contributed by atoms with van der Waals surface area (Å²) in [4.78, 5) is 22.9. The van der Waals surface area contributed by atoms with Crippen molar-refractivity contribution in [3.63, 3.8) is 0 Å². The Hall–Kier alpha value is -2.11. The lowest BCUT2D eigenvalue weighted by Gasteiger charge is -2.09. The van der Waals surface area contributed by atoms with Gasteiger partial charge in [-0.1, -0.05) is 0 Å². The van der Waals surface area contributed by atoms with E-state index in [2.05, 4.69) is 5.32 Å². The van der Waals surface area contributed by atoms with Crippen LogP contribution in [0.3, 0.4) is 0 Å². The number of nitrogen functional groups attached to an aromatic ring is 1. The molecule has 0 bridgehead atoms. The molecule has 0 aromatic heterocycles. The molecule has 1 aromatic carbocycles. The fourth-order valence-corrected chi connectivity index (χ4v) is 1.44. The number of hydrogen-bond donors (Lipinski definition) is 2. The number of rotatable bonds is 5. The molecule has 0 spiro atoms. The molecule has 0 aliphatic carbocycles. The molecule has 0 saturated heterocycles. The third kappa shape index (κ3) is 5.37. The van der Waals surface area contributed by atoms with Crippen molar-refractivity contribution in [1.29, 1.82) is 0 Å². The van der Waals surface area contributed by atoms with Gasteiger partial charge in [-0.15, -0.1) is 0 Å². The van der Waals surface area contributed by atoms with E-state index < -0.39 is 11.8 Å². The summed E-state index contributed by atoms with van der Waals surface area (Å²) in [6.45, 7) is 3.60. The van der Waals surface area contributed by atoms with E-state index in [4.69, 9.17) is 10.5 Å². The van der Waals surface area contributed by atoms with Gasteiger partial charge in [-0.3, -0.25) is 4.79 Å². The Morgan fingerprint density at radius 2 is 2.05 bits per heavy atom. The molecule has 5 nitrogen and oxygen atoms in total. The van der Waals surface area contributed by atoms with Crippen LogP contribution in [0.5, 0.6) is 0 Å². The summed E-state index contributed by atoms with van der Waals surface area (Å²) in [7, 11) is 0.